The van der Waals surface area contributed by atoms with E-state index in [9.17, 15) is 24.0 Å². The maximum Gasteiger partial charge on any atom is 0.351 e. The number of ketones is 2. The van der Waals surface area contributed by atoms with Gasteiger partial charge in [-0.3, -0.25) is 30.0 Å². The van der Waals surface area contributed by atoms with Gasteiger partial charge in [0.1, 0.15) is 11.5 Å². The van der Waals surface area contributed by atoms with Crippen molar-refractivity contribution < 1.29 is 38.2 Å². The molecule has 8 unspecified atom stereocenters. The van der Waals surface area contributed by atoms with Crippen LogP contribution in [0.15, 0.2) is 42.1 Å². The average molecular weight is 851 g/mol. The topological polar surface area (TPSA) is 163 Å². The smallest absolute Gasteiger partial charge is 0.351 e. The number of hydrogen-bond donors (Lipinski definition) is 2. The maximum absolute atomic E-state index is 14.6. The van der Waals surface area contributed by atoms with Gasteiger partial charge in [-0.15, -0.1) is 16.7 Å². The molecule has 2 N–H and O–H groups in total. The van der Waals surface area contributed by atoms with Gasteiger partial charge in [0.05, 0.1) is 18.0 Å². The Morgan fingerprint density at radius 1 is 0.934 bits per heavy atom. The van der Waals surface area contributed by atoms with Crippen molar-refractivity contribution in [1.29, 1.82) is 0 Å². The van der Waals surface area contributed by atoms with Crippen LogP contribution in [0.1, 0.15) is 108 Å². The van der Waals surface area contributed by atoms with Gasteiger partial charge in [0, 0.05) is 40.5 Å². The number of hydrazine groups is 1. The van der Waals surface area contributed by atoms with Crippen molar-refractivity contribution in [2.75, 3.05) is 5.43 Å². The minimum absolute atomic E-state index is 0.108. The molecule has 0 spiro atoms. The summed E-state index contributed by atoms with van der Waals surface area (Å²) in [5.41, 5.74) is 6.09. The van der Waals surface area contributed by atoms with Gasteiger partial charge in [-0.05, 0) is 137 Å². The number of carbonyl (C=O) groups excluding carboxylic acids is 5. The van der Waals surface area contributed by atoms with E-state index in [1.54, 1.807) is 20.0 Å². The second-order valence-electron chi connectivity index (χ2n) is 19.4. The number of benzene rings is 2. The number of esters is 2. The summed E-state index contributed by atoms with van der Waals surface area (Å²) < 4.78 is 19.2. The number of nitrogens with zero attached hydrogens (tertiary/aromatic N) is 2. The van der Waals surface area contributed by atoms with Crippen molar-refractivity contribution in [3.63, 3.8) is 0 Å². The zero-order valence-corrected chi connectivity index (χ0v) is 36.8. The molecule has 322 valence electrons. The molecule has 5 aliphatic carbocycles. The van der Waals surface area contributed by atoms with Crippen molar-refractivity contribution in [1.82, 2.24) is 15.6 Å². The Balaban J connectivity index is 0.875. The van der Waals surface area contributed by atoms with Gasteiger partial charge in [-0.1, -0.05) is 38.1 Å². The van der Waals surface area contributed by atoms with E-state index >= 15 is 0 Å². The molecule has 1 amide bonds. The number of allylic oxidation sites excluding steroid dienone is 1. The quantitative estimate of drug-likeness (QED) is 0.0930. The van der Waals surface area contributed by atoms with Gasteiger partial charge in [-0.2, -0.15) is 5.10 Å². The number of rotatable bonds is 9. The zero-order valence-electron chi connectivity index (χ0n) is 36.0. The molecule has 2 heterocycles. The second kappa shape index (κ2) is 14.6. The monoisotopic (exact) mass is 850 g/mol. The zero-order chi connectivity index (χ0) is 43.4. The number of ether oxygens (including phenoxy) is 3. The van der Waals surface area contributed by atoms with Crippen molar-refractivity contribution in [2.45, 2.75) is 129 Å². The van der Waals surface area contributed by atoms with E-state index in [-0.39, 0.29) is 53.0 Å². The summed E-state index contributed by atoms with van der Waals surface area (Å²) in [5, 5.41) is 9.45. The molecule has 0 bridgehead atoms. The molecule has 9 rings (SSSR count). The maximum atomic E-state index is 14.6. The van der Waals surface area contributed by atoms with Crippen molar-refractivity contribution in [3.05, 3.63) is 64.4 Å². The highest BCUT2D eigenvalue weighted by Gasteiger charge is 2.72. The Kier molecular flexibility index (Phi) is 9.96. The minimum atomic E-state index is -1.36. The first-order valence-electron chi connectivity index (χ1n) is 21.9. The van der Waals surface area contributed by atoms with Gasteiger partial charge in [0.25, 0.3) is 0 Å². The lowest BCUT2D eigenvalue weighted by molar-refractivity contribution is -0.201. The number of carbonyl (C=O) groups is 5. The van der Waals surface area contributed by atoms with Crippen molar-refractivity contribution >= 4 is 57.6 Å². The number of nitrogens with one attached hydrogen (secondary N) is 2. The fraction of sp³-hybridized carbons (Fsp3) is 0.562. The summed E-state index contributed by atoms with van der Waals surface area (Å²) in [6.45, 7) is 13.4. The molecular formula is C48H55ClN4O8. The highest BCUT2D eigenvalue weighted by molar-refractivity contribution is 6.23. The molecule has 12 nitrogen and oxygen atoms in total. The largest absolute Gasteiger partial charge is 0.475 e. The Bertz CT molecular complexity index is 2450. The number of alkyl halides is 1. The SMILES string of the molecule is CC(=O)[C@@]1(OC(=O)C2(C)CCc3c(C)c(OC(=O)CCC(=O)NNc4nncc5ccccc45)c(C)c(C)c3O2)CCC2C3CC(Cl)C4=CC(=O)C5C[C@@H]5C4(C)C3CCC21C. The molecule has 13 heteroatoms. The molecule has 10 atom stereocenters. The molecule has 1 aromatic heterocycles. The summed E-state index contributed by atoms with van der Waals surface area (Å²) in [5.74, 6) is 1.12. The number of fused-ring (bicyclic) bond motifs is 9. The van der Waals surface area contributed by atoms with Crippen LogP contribution in [0.3, 0.4) is 0 Å². The van der Waals surface area contributed by atoms with Crippen LogP contribution in [0.4, 0.5) is 5.82 Å². The molecule has 4 fully saturated rings. The van der Waals surface area contributed by atoms with Crippen LogP contribution in [-0.4, -0.2) is 56.2 Å². The second-order valence-corrected chi connectivity index (χ2v) is 19.9. The highest BCUT2D eigenvalue weighted by atomic mass is 35.5. The van der Waals surface area contributed by atoms with Crippen LogP contribution in [0.5, 0.6) is 11.5 Å². The van der Waals surface area contributed by atoms with E-state index < -0.39 is 34.5 Å². The van der Waals surface area contributed by atoms with Crippen LogP contribution in [0.25, 0.3) is 10.8 Å². The van der Waals surface area contributed by atoms with Gasteiger partial charge in [0.2, 0.25) is 11.5 Å². The molecule has 4 saturated carbocycles. The van der Waals surface area contributed by atoms with Crippen LogP contribution in [0, 0.1) is 61.2 Å². The summed E-state index contributed by atoms with van der Waals surface area (Å²) in [6.07, 6.45) is 8.49. The number of Topliss-reactive ketones (excluding diaryl/α,β-unsaturated/α-hetero) is 1. The van der Waals surface area contributed by atoms with Crippen molar-refractivity contribution in [3.8, 4) is 11.5 Å². The van der Waals surface area contributed by atoms with Gasteiger partial charge in [0.15, 0.2) is 23.0 Å². The third kappa shape index (κ3) is 6.31. The third-order valence-corrected chi connectivity index (χ3v) is 16.8. The lowest BCUT2D eigenvalue weighted by atomic mass is 9.46. The van der Waals surface area contributed by atoms with E-state index in [0.29, 0.717) is 54.0 Å². The van der Waals surface area contributed by atoms with E-state index in [0.717, 1.165) is 65.1 Å². The molecule has 1 aliphatic heterocycles. The highest BCUT2D eigenvalue weighted by Crippen LogP contribution is 2.73. The molecule has 2 aromatic carbocycles. The Morgan fingerprint density at radius 2 is 1.69 bits per heavy atom. The number of hydrogen-bond acceptors (Lipinski definition) is 11. The van der Waals surface area contributed by atoms with E-state index in [2.05, 4.69) is 34.9 Å². The third-order valence-electron chi connectivity index (χ3n) is 16.4. The number of anilines is 1. The van der Waals surface area contributed by atoms with E-state index in [1.807, 2.05) is 51.1 Å². The van der Waals surface area contributed by atoms with Crippen LogP contribution >= 0.6 is 11.6 Å². The summed E-state index contributed by atoms with van der Waals surface area (Å²) in [6, 6.07) is 7.50. The summed E-state index contributed by atoms with van der Waals surface area (Å²) >= 11 is 7.17. The molecule has 0 radical (unpaired) electrons. The predicted molar refractivity (Wildman–Crippen MR) is 228 cm³/mol. The van der Waals surface area contributed by atoms with E-state index in [4.69, 9.17) is 25.8 Å². The minimum Gasteiger partial charge on any atom is -0.475 e. The molecule has 3 aromatic rings. The van der Waals surface area contributed by atoms with Crippen molar-refractivity contribution in [2.24, 2.45) is 40.4 Å². The van der Waals surface area contributed by atoms with E-state index in [1.165, 1.54) is 0 Å². The molecule has 0 saturated heterocycles. The van der Waals surface area contributed by atoms with Crippen LogP contribution < -0.4 is 20.3 Å². The first-order chi connectivity index (χ1) is 28.9. The lowest BCUT2D eigenvalue weighted by Gasteiger charge is -2.60. The fourth-order valence-corrected chi connectivity index (χ4v) is 13.3. The fourth-order valence-electron chi connectivity index (χ4n) is 12.8. The standard InChI is InChI=1S/C48H55ClN4O8/c1-24-25(2)42-29(26(3)41(24)59-40(57)13-12-39(56)51-53-43-30-11-9-8-10-28(30)23-50-52-43)14-18-46(6,60-42)44(58)61-48(27(4)54)19-16-33-31-21-37(49)36-22-38(55)32-20-35(32)47(36,7)34(31)15-17-45(33,48)5/h8-11,22-23,31-35,37H,12-21H2,1-7H3,(H,51,56)(H,52,53)/t31?,32?,33?,34?,35-,37?,45?,46?,47?,48-/m0/s1. The first-order valence-corrected chi connectivity index (χ1v) is 22.3. The summed E-state index contributed by atoms with van der Waals surface area (Å²) in [4.78, 5) is 67.2. The number of halogens is 1. The predicted octanol–water partition coefficient (Wildman–Crippen LogP) is 7.94. The Labute approximate surface area is 361 Å². The molecular weight excluding hydrogens is 796 g/mol. The molecule has 61 heavy (non-hydrogen) atoms. The van der Waals surface area contributed by atoms with Crippen LogP contribution in [-0.2, 0) is 35.1 Å². The number of aromatic nitrogens is 2. The van der Waals surface area contributed by atoms with Gasteiger partial charge >= 0.3 is 11.9 Å². The molecule has 6 aliphatic rings. The normalized spacial score (nSPS) is 34.3. The van der Waals surface area contributed by atoms with Gasteiger partial charge in [-0.25, -0.2) is 4.79 Å². The van der Waals surface area contributed by atoms with Gasteiger partial charge < -0.3 is 14.2 Å². The lowest BCUT2D eigenvalue weighted by Crippen LogP contribution is -2.61. The Hall–Kier alpha value is -4.84. The Morgan fingerprint density at radius 3 is 2.46 bits per heavy atom. The summed E-state index contributed by atoms with van der Waals surface area (Å²) in [7, 11) is 0. The van der Waals surface area contributed by atoms with Crippen LogP contribution in [0.2, 0.25) is 0 Å². The first kappa shape index (κ1) is 41.5. The number of amides is 1. The average Bonchev–Trinajstić information content (AvgIpc) is 4.00.